The highest BCUT2D eigenvalue weighted by molar-refractivity contribution is 4.71. The summed E-state index contributed by atoms with van der Waals surface area (Å²) in [4.78, 5) is 0. The van der Waals surface area contributed by atoms with Gasteiger partial charge in [0.25, 0.3) is 0 Å². The molecule has 1 N–H and O–H groups in total. The van der Waals surface area contributed by atoms with Gasteiger partial charge in [-0.3, -0.25) is 0 Å². The van der Waals surface area contributed by atoms with Gasteiger partial charge in [-0.2, -0.15) is 0 Å². The summed E-state index contributed by atoms with van der Waals surface area (Å²) in [6.07, 6.45) is 2.77. The first-order chi connectivity index (χ1) is 3.79. The van der Waals surface area contributed by atoms with Gasteiger partial charge in [-0.1, -0.05) is 6.92 Å². The summed E-state index contributed by atoms with van der Waals surface area (Å²) in [6.45, 7) is 5.78. The van der Waals surface area contributed by atoms with Crippen molar-refractivity contribution in [3.63, 3.8) is 0 Å². The molecule has 1 rings (SSSR count). The van der Waals surface area contributed by atoms with Gasteiger partial charge in [0, 0.05) is 6.04 Å². The van der Waals surface area contributed by atoms with Crippen molar-refractivity contribution in [2.75, 3.05) is 6.54 Å². The van der Waals surface area contributed by atoms with Crippen LogP contribution >= 0.6 is 0 Å². The first-order valence-corrected chi connectivity index (χ1v) is 3.52. The van der Waals surface area contributed by atoms with Crippen molar-refractivity contribution >= 4 is 0 Å². The molecule has 1 heteroatoms. The van der Waals surface area contributed by atoms with Crippen molar-refractivity contribution in [2.45, 2.75) is 32.7 Å². The largest absolute Gasteiger partial charge is 0.314 e. The van der Waals surface area contributed by atoms with Crippen LogP contribution in [0.4, 0.5) is 0 Å². The minimum absolute atomic E-state index is 0.770. The Kier molecular flexibility index (Phi) is 1.90. The summed E-state index contributed by atoms with van der Waals surface area (Å²) >= 11 is 0. The molecule has 1 saturated heterocycles. The van der Waals surface area contributed by atoms with Gasteiger partial charge in [0.15, 0.2) is 0 Å². The zero-order valence-electron chi connectivity index (χ0n) is 5.78. The van der Waals surface area contributed by atoms with Crippen LogP contribution in [-0.4, -0.2) is 12.6 Å². The molecule has 0 aromatic heterocycles. The van der Waals surface area contributed by atoms with Crippen molar-refractivity contribution < 1.29 is 0 Å². The van der Waals surface area contributed by atoms with Crippen LogP contribution in [0.5, 0.6) is 0 Å². The molecular formula is C7H15N. The van der Waals surface area contributed by atoms with Gasteiger partial charge >= 0.3 is 0 Å². The van der Waals surface area contributed by atoms with Crippen molar-refractivity contribution in [1.29, 1.82) is 0 Å². The predicted octanol–water partition coefficient (Wildman–Crippen LogP) is 1.39. The molecule has 1 fully saturated rings. The van der Waals surface area contributed by atoms with E-state index in [0.717, 1.165) is 12.0 Å². The smallest absolute Gasteiger partial charge is 0.00389 e. The molecule has 0 aromatic rings. The Bertz CT molecular complexity index is 52.8. The lowest BCUT2D eigenvalue weighted by Gasteiger charge is -2.24. The van der Waals surface area contributed by atoms with E-state index in [1.165, 1.54) is 19.4 Å². The van der Waals surface area contributed by atoms with Gasteiger partial charge in [-0.15, -0.1) is 0 Å². The van der Waals surface area contributed by atoms with Gasteiger partial charge in [-0.25, -0.2) is 0 Å². The van der Waals surface area contributed by atoms with Gasteiger partial charge in [-0.05, 0) is 32.2 Å². The van der Waals surface area contributed by atoms with Crippen molar-refractivity contribution in [3.05, 3.63) is 0 Å². The molecule has 1 heterocycles. The molecule has 48 valence electrons. The van der Waals surface area contributed by atoms with Crippen LogP contribution in [0.2, 0.25) is 0 Å². The van der Waals surface area contributed by atoms with Crippen molar-refractivity contribution in [3.8, 4) is 0 Å². The molecule has 0 saturated carbocycles. The third-order valence-corrected chi connectivity index (χ3v) is 1.91. The van der Waals surface area contributed by atoms with E-state index in [1.54, 1.807) is 0 Å². The first-order valence-electron chi connectivity index (χ1n) is 3.52. The normalized spacial score (nSPS) is 39.8. The van der Waals surface area contributed by atoms with E-state index in [9.17, 15) is 0 Å². The highest BCUT2D eigenvalue weighted by Gasteiger charge is 2.11. The van der Waals surface area contributed by atoms with Crippen LogP contribution in [0.1, 0.15) is 26.7 Å². The van der Waals surface area contributed by atoms with E-state index >= 15 is 0 Å². The fourth-order valence-electron chi connectivity index (χ4n) is 1.14. The predicted molar refractivity (Wildman–Crippen MR) is 35.9 cm³/mol. The maximum absolute atomic E-state index is 3.43. The Morgan fingerprint density at radius 3 is 2.38 bits per heavy atom. The van der Waals surface area contributed by atoms with Crippen molar-refractivity contribution in [2.24, 2.45) is 5.92 Å². The lowest BCUT2D eigenvalue weighted by Crippen LogP contribution is -2.35. The molecule has 2 atom stereocenters. The summed E-state index contributed by atoms with van der Waals surface area (Å²) < 4.78 is 0. The number of nitrogens with one attached hydrogen (secondary N) is 1. The zero-order valence-corrected chi connectivity index (χ0v) is 5.78. The van der Waals surface area contributed by atoms with Crippen LogP contribution in [0, 0.1) is 5.92 Å². The monoisotopic (exact) mass is 113 g/mol. The molecule has 0 radical (unpaired) electrons. The van der Waals surface area contributed by atoms with Crippen LogP contribution in [0.15, 0.2) is 0 Å². The summed E-state index contributed by atoms with van der Waals surface area (Å²) in [7, 11) is 0. The lowest BCUT2D eigenvalue weighted by atomic mass is 9.98. The second-order valence-corrected chi connectivity index (χ2v) is 2.99. The van der Waals surface area contributed by atoms with E-state index in [2.05, 4.69) is 19.2 Å². The zero-order chi connectivity index (χ0) is 5.98. The second-order valence-electron chi connectivity index (χ2n) is 2.99. The average Bonchev–Trinajstić information content (AvgIpc) is 1.77. The second kappa shape index (κ2) is 2.49. The van der Waals surface area contributed by atoms with Gasteiger partial charge in [0.05, 0.1) is 0 Å². The molecule has 2 unspecified atom stereocenters. The molecule has 1 nitrogen and oxygen atoms in total. The highest BCUT2D eigenvalue weighted by Crippen LogP contribution is 2.11. The lowest BCUT2D eigenvalue weighted by molar-refractivity contribution is 0.343. The first kappa shape index (κ1) is 6.09. The summed E-state index contributed by atoms with van der Waals surface area (Å²) in [5.41, 5.74) is 0. The molecule has 0 amide bonds. The van der Waals surface area contributed by atoms with Crippen LogP contribution in [0.3, 0.4) is 0 Å². The summed E-state index contributed by atoms with van der Waals surface area (Å²) in [5, 5.41) is 3.43. The molecule has 8 heavy (non-hydrogen) atoms. The minimum atomic E-state index is 0.770. The Hall–Kier alpha value is -0.0400. The van der Waals surface area contributed by atoms with Gasteiger partial charge in [0.2, 0.25) is 0 Å². The molecule has 0 spiro atoms. The molecular weight excluding hydrogens is 98.1 g/mol. The van der Waals surface area contributed by atoms with E-state index < -0.39 is 0 Å². The topological polar surface area (TPSA) is 12.0 Å². The van der Waals surface area contributed by atoms with Crippen LogP contribution < -0.4 is 5.32 Å². The molecule has 0 aliphatic carbocycles. The fourth-order valence-corrected chi connectivity index (χ4v) is 1.14. The number of hydrogen-bond acceptors (Lipinski definition) is 1. The van der Waals surface area contributed by atoms with Crippen LogP contribution in [0.25, 0.3) is 0 Å². The third-order valence-electron chi connectivity index (χ3n) is 1.91. The van der Waals surface area contributed by atoms with Crippen molar-refractivity contribution in [1.82, 2.24) is 5.32 Å². The Labute approximate surface area is 51.5 Å². The van der Waals surface area contributed by atoms with E-state index in [0.29, 0.717) is 0 Å². The van der Waals surface area contributed by atoms with Gasteiger partial charge < -0.3 is 5.32 Å². The molecule has 1 aliphatic heterocycles. The summed E-state index contributed by atoms with van der Waals surface area (Å²) in [5.74, 6) is 0.909. The van der Waals surface area contributed by atoms with Gasteiger partial charge in [0.1, 0.15) is 0 Å². The van der Waals surface area contributed by atoms with E-state index in [4.69, 9.17) is 0 Å². The molecule has 0 aromatic carbocycles. The summed E-state index contributed by atoms with van der Waals surface area (Å²) in [6, 6.07) is 0.770. The fraction of sp³-hybridized carbons (Fsp3) is 1.00. The quantitative estimate of drug-likeness (QED) is 0.500. The Balaban J connectivity index is 2.19. The van der Waals surface area contributed by atoms with Crippen LogP contribution in [-0.2, 0) is 0 Å². The average molecular weight is 113 g/mol. The SMILES string of the molecule is CC1CCC(C)NC1. The Morgan fingerprint density at radius 2 is 2.00 bits per heavy atom. The maximum Gasteiger partial charge on any atom is 0.00389 e. The molecule has 0 bridgehead atoms. The number of hydrogen-bond donors (Lipinski definition) is 1. The highest BCUT2D eigenvalue weighted by atomic mass is 14.9. The molecule has 1 aliphatic rings. The van der Waals surface area contributed by atoms with E-state index in [1.807, 2.05) is 0 Å². The Morgan fingerprint density at radius 1 is 1.25 bits per heavy atom. The standard InChI is InChI=1S/C7H15N/c1-6-3-4-7(2)8-5-6/h6-8H,3-5H2,1-2H3. The number of piperidine rings is 1. The third kappa shape index (κ3) is 1.48. The minimum Gasteiger partial charge on any atom is -0.314 e. The maximum atomic E-state index is 3.43. The number of rotatable bonds is 0. The van der Waals surface area contributed by atoms with E-state index in [-0.39, 0.29) is 0 Å².